The number of methoxy groups -OCH3 is 2. The number of aliphatic carboxylic acids is 1. The zero-order valence-electron chi connectivity index (χ0n) is 15.3. The molecule has 0 bridgehead atoms. The molecule has 1 aliphatic rings. The molecule has 2 aromatic rings. The molecule has 1 aromatic heterocycles. The molecule has 1 fully saturated rings. The van der Waals surface area contributed by atoms with Gasteiger partial charge in [-0.2, -0.15) is 5.10 Å². The van der Waals surface area contributed by atoms with E-state index >= 15 is 0 Å². The summed E-state index contributed by atoms with van der Waals surface area (Å²) in [6, 6.07) is 7.08. The minimum absolute atomic E-state index is 0.0130. The van der Waals surface area contributed by atoms with Crippen LogP contribution in [-0.4, -0.2) is 47.4 Å². The zero-order valence-corrected chi connectivity index (χ0v) is 15.3. The second-order valence-corrected chi connectivity index (χ2v) is 6.60. The predicted octanol–water partition coefficient (Wildman–Crippen LogP) is 2.47. The van der Waals surface area contributed by atoms with Crippen LogP contribution in [0.4, 0.5) is 0 Å². The topological polar surface area (TPSA) is 114 Å². The van der Waals surface area contributed by atoms with Crippen LogP contribution >= 0.6 is 0 Å². The summed E-state index contributed by atoms with van der Waals surface area (Å²) in [5.41, 5.74) is 1.78. The molecule has 3 N–H and O–H groups in total. The third-order valence-corrected chi connectivity index (χ3v) is 4.91. The Bertz CT molecular complexity index is 825. The number of nitrogens with zero attached hydrogens (tertiary/aromatic N) is 1. The van der Waals surface area contributed by atoms with Gasteiger partial charge in [0.1, 0.15) is 5.69 Å². The van der Waals surface area contributed by atoms with Gasteiger partial charge in [-0.25, -0.2) is 0 Å². The second kappa shape index (κ2) is 8.11. The standard InChI is InChI=1S/C19H23N3O5/c1-26-16-8-5-12(9-17(16)27-2)14-10-15(22-21-14)18(23)20-13-6-3-11(4-7-13)19(24)25/h5,8-11,13H,3-4,6-7H2,1-2H3,(H,20,23)(H,21,22)(H,24,25). The van der Waals surface area contributed by atoms with Crippen LogP contribution in [0.15, 0.2) is 24.3 Å². The van der Waals surface area contributed by atoms with Crippen molar-refractivity contribution in [2.24, 2.45) is 5.92 Å². The summed E-state index contributed by atoms with van der Waals surface area (Å²) in [6.07, 6.45) is 2.50. The van der Waals surface area contributed by atoms with Gasteiger partial charge in [-0.1, -0.05) is 0 Å². The van der Waals surface area contributed by atoms with Crippen LogP contribution < -0.4 is 14.8 Å². The fourth-order valence-electron chi connectivity index (χ4n) is 3.33. The number of amides is 1. The first kappa shape index (κ1) is 18.8. The van der Waals surface area contributed by atoms with Crippen molar-refractivity contribution in [2.45, 2.75) is 31.7 Å². The SMILES string of the molecule is COc1ccc(-c2cc(C(=O)NC3CCC(C(=O)O)CC3)[nH]n2)cc1OC. The van der Waals surface area contributed by atoms with Gasteiger partial charge in [0, 0.05) is 11.6 Å². The molecule has 0 unspecified atom stereocenters. The largest absolute Gasteiger partial charge is 0.493 e. The summed E-state index contributed by atoms with van der Waals surface area (Å²) in [5.74, 6) is -0.103. The van der Waals surface area contributed by atoms with Crippen LogP contribution in [0.1, 0.15) is 36.2 Å². The maximum absolute atomic E-state index is 12.5. The molecular formula is C19H23N3O5. The van der Waals surface area contributed by atoms with Crippen molar-refractivity contribution < 1.29 is 24.2 Å². The summed E-state index contributed by atoms with van der Waals surface area (Å²) in [5, 5.41) is 19.0. The number of H-pyrrole nitrogens is 1. The number of carbonyl (C=O) groups excluding carboxylic acids is 1. The third-order valence-electron chi connectivity index (χ3n) is 4.91. The normalized spacial score (nSPS) is 19.3. The lowest BCUT2D eigenvalue weighted by Crippen LogP contribution is -2.38. The van der Waals surface area contributed by atoms with Crippen LogP contribution in [-0.2, 0) is 4.79 Å². The van der Waals surface area contributed by atoms with Gasteiger partial charge < -0.3 is 19.9 Å². The molecule has 0 radical (unpaired) electrons. The quantitative estimate of drug-likeness (QED) is 0.717. The highest BCUT2D eigenvalue weighted by molar-refractivity contribution is 5.93. The number of hydrogen-bond donors (Lipinski definition) is 3. The van der Waals surface area contributed by atoms with Crippen LogP contribution in [0.25, 0.3) is 11.3 Å². The maximum atomic E-state index is 12.5. The van der Waals surface area contributed by atoms with E-state index in [0.717, 1.165) is 5.56 Å². The van der Waals surface area contributed by atoms with Crippen LogP contribution in [0.3, 0.4) is 0 Å². The monoisotopic (exact) mass is 373 g/mol. The molecule has 1 saturated carbocycles. The van der Waals surface area contributed by atoms with Gasteiger partial charge in [-0.15, -0.1) is 0 Å². The van der Waals surface area contributed by atoms with Gasteiger partial charge in [-0.3, -0.25) is 14.7 Å². The number of rotatable bonds is 6. The smallest absolute Gasteiger partial charge is 0.306 e. The number of carbonyl (C=O) groups is 2. The van der Waals surface area contributed by atoms with Crippen molar-refractivity contribution in [2.75, 3.05) is 14.2 Å². The Morgan fingerprint density at radius 3 is 2.44 bits per heavy atom. The Balaban J connectivity index is 1.65. The molecule has 144 valence electrons. The van der Waals surface area contributed by atoms with Crippen molar-refractivity contribution in [3.8, 4) is 22.8 Å². The molecule has 3 rings (SSSR count). The molecule has 8 nitrogen and oxygen atoms in total. The lowest BCUT2D eigenvalue weighted by molar-refractivity contribution is -0.142. The average molecular weight is 373 g/mol. The zero-order chi connectivity index (χ0) is 19.4. The second-order valence-electron chi connectivity index (χ2n) is 6.60. The van der Waals surface area contributed by atoms with Gasteiger partial charge in [0.25, 0.3) is 5.91 Å². The number of aromatic amines is 1. The van der Waals surface area contributed by atoms with Gasteiger partial charge in [0.2, 0.25) is 0 Å². The minimum Gasteiger partial charge on any atom is -0.493 e. The summed E-state index contributed by atoms with van der Waals surface area (Å²) in [6.45, 7) is 0. The summed E-state index contributed by atoms with van der Waals surface area (Å²) in [4.78, 5) is 23.5. The van der Waals surface area contributed by atoms with E-state index in [-0.39, 0.29) is 17.9 Å². The van der Waals surface area contributed by atoms with E-state index in [0.29, 0.717) is 48.6 Å². The molecule has 0 spiro atoms. The van der Waals surface area contributed by atoms with E-state index in [2.05, 4.69) is 15.5 Å². The van der Waals surface area contributed by atoms with E-state index in [1.54, 1.807) is 32.4 Å². The van der Waals surface area contributed by atoms with E-state index in [1.165, 1.54) is 0 Å². The molecule has 27 heavy (non-hydrogen) atoms. The highest BCUT2D eigenvalue weighted by atomic mass is 16.5. The first-order valence-electron chi connectivity index (χ1n) is 8.83. The molecule has 1 aromatic carbocycles. The number of nitrogens with one attached hydrogen (secondary N) is 2. The lowest BCUT2D eigenvalue weighted by Gasteiger charge is -2.26. The van der Waals surface area contributed by atoms with Crippen LogP contribution in [0.5, 0.6) is 11.5 Å². The number of benzene rings is 1. The Morgan fingerprint density at radius 2 is 1.81 bits per heavy atom. The van der Waals surface area contributed by atoms with E-state index < -0.39 is 5.97 Å². The highest BCUT2D eigenvalue weighted by Gasteiger charge is 2.27. The summed E-state index contributed by atoms with van der Waals surface area (Å²) < 4.78 is 10.5. The molecular weight excluding hydrogens is 350 g/mol. The van der Waals surface area contributed by atoms with Crippen molar-refractivity contribution in [3.05, 3.63) is 30.0 Å². The van der Waals surface area contributed by atoms with Gasteiger partial charge in [-0.05, 0) is 49.9 Å². The molecule has 0 aliphatic heterocycles. The van der Waals surface area contributed by atoms with Crippen molar-refractivity contribution in [3.63, 3.8) is 0 Å². The Labute approximate surface area is 156 Å². The Morgan fingerprint density at radius 1 is 1.11 bits per heavy atom. The molecule has 1 amide bonds. The fourth-order valence-corrected chi connectivity index (χ4v) is 3.33. The third kappa shape index (κ3) is 4.21. The predicted molar refractivity (Wildman–Crippen MR) is 98.0 cm³/mol. The maximum Gasteiger partial charge on any atom is 0.306 e. The Hall–Kier alpha value is -3.03. The molecule has 1 heterocycles. The molecule has 0 atom stereocenters. The van der Waals surface area contributed by atoms with Gasteiger partial charge >= 0.3 is 5.97 Å². The van der Waals surface area contributed by atoms with E-state index in [9.17, 15) is 9.59 Å². The minimum atomic E-state index is -0.757. The number of ether oxygens (including phenoxy) is 2. The molecule has 0 saturated heterocycles. The van der Waals surface area contributed by atoms with Crippen molar-refractivity contribution in [1.29, 1.82) is 0 Å². The number of carboxylic acids is 1. The van der Waals surface area contributed by atoms with Crippen LogP contribution in [0.2, 0.25) is 0 Å². The highest BCUT2D eigenvalue weighted by Crippen LogP contribution is 2.31. The first-order valence-corrected chi connectivity index (χ1v) is 8.83. The molecule has 1 aliphatic carbocycles. The molecule has 8 heteroatoms. The van der Waals surface area contributed by atoms with Gasteiger partial charge in [0.15, 0.2) is 11.5 Å². The van der Waals surface area contributed by atoms with Gasteiger partial charge in [0.05, 0.1) is 25.8 Å². The number of hydrogen-bond acceptors (Lipinski definition) is 5. The first-order chi connectivity index (χ1) is 13.0. The van der Waals surface area contributed by atoms with Crippen LogP contribution in [0, 0.1) is 5.92 Å². The van der Waals surface area contributed by atoms with Crippen molar-refractivity contribution >= 4 is 11.9 Å². The average Bonchev–Trinajstić information content (AvgIpc) is 3.18. The fraction of sp³-hybridized carbons (Fsp3) is 0.421. The van der Waals surface area contributed by atoms with Crippen molar-refractivity contribution in [1.82, 2.24) is 15.5 Å². The number of aromatic nitrogens is 2. The lowest BCUT2D eigenvalue weighted by atomic mass is 9.86. The summed E-state index contributed by atoms with van der Waals surface area (Å²) in [7, 11) is 3.13. The van der Waals surface area contributed by atoms with E-state index in [4.69, 9.17) is 14.6 Å². The summed E-state index contributed by atoms with van der Waals surface area (Å²) >= 11 is 0. The number of carboxylic acid groups (broad SMARTS) is 1. The van der Waals surface area contributed by atoms with E-state index in [1.807, 2.05) is 6.07 Å². The Kier molecular flexibility index (Phi) is 5.63.